The van der Waals surface area contributed by atoms with Crippen molar-refractivity contribution in [3.63, 3.8) is 0 Å². The fraction of sp³-hybridized carbons (Fsp3) is 0.429. The van der Waals surface area contributed by atoms with Crippen LogP contribution in [0.2, 0.25) is 5.02 Å². The summed E-state index contributed by atoms with van der Waals surface area (Å²) in [5.41, 5.74) is -0.455. The highest BCUT2D eigenvalue weighted by Crippen LogP contribution is 2.46. The highest BCUT2D eigenvalue weighted by Gasteiger charge is 2.60. The fourth-order valence-electron chi connectivity index (χ4n) is 3.48. The molecule has 0 radical (unpaired) electrons. The van der Waals surface area contributed by atoms with Crippen LogP contribution >= 0.6 is 11.6 Å². The Morgan fingerprint density at radius 2 is 2.23 bits per heavy atom. The summed E-state index contributed by atoms with van der Waals surface area (Å²) in [7, 11) is -3.34. The molecule has 2 saturated heterocycles. The van der Waals surface area contributed by atoms with Gasteiger partial charge in [0, 0.05) is 19.0 Å². The molecular formula is C14H13ClN2O4S. The highest BCUT2D eigenvalue weighted by atomic mass is 35.5. The van der Waals surface area contributed by atoms with Gasteiger partial charge in [-0.1, -0.05) is 17.7 Å². The first-order chi connectivity index (χ1) is 10.3. The molecule has 116 valence electrons. The van der Waals surface area contributed by atoms with Gasteiger partial charge in [0.2, 0.25) is 0 Å². The Kier molecular flexibility index (Phi) is 3.34. The van der Waals surface area contributed by atoms with Gasteiger partial charge >= 0.3 is 5.97 Å². The lowest BCUT2D eigenvalue weighted by Gasteiger charge is -2.24. The second kappa shape index (κ2) is 4.86. The Bertz CT molecular complexity index is 802. The van der Waals surface area contributed by atoms with Crippen LogP contribution in [0.15, 0.2) is 18.2 Å². The molecule has 2 fully saturated rings. The minimum absolute atomic E-state index is 0.0707. The number of nitrogens with zero attached hydrogens (tertiary/aromatic N) is 2. The van der Waals surface area contributed by atoms with Crippen LogP contribution < -0.4 is 4.90 Å². The third-order valence-electron chi connectivity index (χ3n) is 4.50. The van der Waals surface area contributed by atoms with Crippen molar-refractivity contribution in [3.05, 3.63) is 28.8 Å². The van der Waals surface area contributed by atoms with E-state index in [1.54, 1.807) is 23.1 Å². The minimum atomic E-state index is -3.34. The molecule has 2 aliphatic heterocycles. The Labute approximate surface area is 132 Å². The largest absolute Gasteiger partial charge is 0.481 e. The van der Waals surface area contributed by atoms with Gasteiger partial charge in [-0.3, -0.25) is 4.79 Å². The molecule has 2 atom stereocenters. The molecule has 22 heavy (non-hydrogen) atoms. The van der Waals surface area contributed by atoms with Crippen molar-refractivity contribution in [3.8, 4) is 6.07 Å². The predicted octanol–water partition coefficient (Wildman–Crippen LogP) is 1.15. The maximum Gasteiger partial charge on any atom is 0.312 e. The number of rotatable bonds is 2. The fourth-order valence-corrected chi connectivity index (χ4v) is 6.09. The SMILES string of the molecule is N#Cc1c(Cl)cccc1N1C[C@H]2CS(=O)(=O)C[C@@]2(C(=O)O)C1. The monoisotopic (exact) mass is 340 g/mol. The molecule has 0 spiro atoms. The molecular weight excluding hydrogens is 328 g/mol. The Morgan fingerprint density at radius 1 is 1.50 bits per heavy atom. The number of benzene rings is 1. The summed E-state index contributed by atoms with van der Waals surface area (Å²) < 4.78 is 23.6. The van der Waals surface area contributed by atoms with Gasteiger partial charge in [-0.25, -0.2) is 8.42 Å². The number of hydrogen-bond donors (Lipinski definition) is 1. The molecule has 1 N–H and O–H groups in total. The summed E-state index contributed by atoms with van der Waals surface area (Å²) in [4.78, 5) is 13.5. The molecule has 6 nitrogen and oxygen atoms in total. The second-order valence-electron chi connectivity index (χ2n) is 5.84. The van der Waals surface area contributed by atoms with Crippen LogP contribution in [0.1, 0.15) is 5.56 Å². The van der Waals surface area contributed by atoms with E-state index in [1.807, 2.05) is 6.07 Å². The number of carbonyl (C=O) groups is 1. The van der Waals surface area contributed by atoms with Crippen LogP contribution in [0, 0.1) is 22.7 Å². The van der Waals surface area contributed by atoms with Crippen molar-refractivity contribution in [2.24, 2.45) is 11.3 Å². The van der Waals surface area contributed by atoms with E-state index in [9.17, 15) is 23.6 Å². The maximum atomic E-state index is 11.8. The van der Waals surface area contributed by atoms with Gasteiger partial charge in [-0.05, 0) is 12.1 Å². The molecule has 0 saturated carbocycles. The summed E-state index contributed by atoms with van der Waals surface area (Å²) in [5, 5.41) is 19.1. The average molecular weight is 341 g/mol. The lowest BCUT2D eigenvalue weighted by molar-refractivity contribution is -0.147. The van der Waals surface area contributed by atoms with Gasteiger partial charge in [0.05, 0.1) is 27.8 Å². The van der Waals surface area contributed by atoms with Gasteiger partial charge in [0.25, 0.3) is 0 Å². The maximum absolute atomic E-state index is 11.8. The molecule has 1 aromatic carbocycles. The molecule has 0 aromatic heterocycles. The molecule has 0 aliphatic carbocycles. The van der Waals surface area contributed by atoms with Crippen molar-refractivity contribution >= 4 is 33.1 Å². The van der Waals surface area contributed by atoms with Crippen LogP contribution in [0.3, 0.4) is 0 Å². The quantitative estimate of drug-likeness (QED) is 0.867. The number of carboxylic acid groups (broad SMARTS) is 1. The van der Waals surface area contributed by atoms with Crippen molar-refractivity contribution < 1.29 is 18.3 Å². The van der Waals surface area contributed by atoms with E-state index in [4.69, 9.17) is 11.6 Å². The zero-order chi connectivity index (χ0) is 16.1. The predicted molar refractivity (Wildman–Crippen MR) is 80.6 cm³/mol. The van der Waals surface area contributed by atoms with E-state index < -0.39 is 27.1 Å². The number of halogens is 1. The van der Waals surface area contributed by atoms with Crippen molar-refractivity contribution in [1.82, 2.24) is 0 Å². The van der Waals surface area contributed by atoms with E-state index in [0.717, 1.165) is 0 Å². The van der Waals surface area contributed by atoms with Crippen molar-refractivity contribution in [2.75, 3.05) is 29.5 Å². The molecule has 0 bridgehead atoms. The number of nitriles is 1. The van der Waals surface area contributed by atoms with E-state index in [1.165, 1.54) is 0 Å². The zero-order valence-electron chi connectivity index (χ0n) is 11.5. The molecule has 3 rings (SSSR count). The number of carboxylic acids is 1. The van der Waals surface area contributed by atoms with Gasteiger partial charge in [-0.2, -0.15) is 5.26 Å². The molecule has 0 amide bonds. The van der Waals surface area contributed by atoms with E-state index in [2.05, 4.69) is 0 Å². The van der Waals surface area contributed by atoms with Gasteiger partial charge in [0.15, 0.2) is 9.84 Å². The van der Waals surface area contributed by atoms with Crippen LogP contribution in [-0.2, 0) is 14.6 Å². The molecule has 2 aliphatic rings. The Morgan fingerprint density at radius 3 is 2.82 bits per heavy atom. The average Bonchev–Trinajstić information content (AvgIpc) is 2.88. The summed E-state index contributed by atoms with van der Waals surface area (Å²) in [5.74, 6) is -2.04. The van der Waals surface area contributed by atoms with E-state index >= 15 is 0 Å². The number of anilines is 1. The standard InChI is InChI=1S/C14H13ClN2O4S/c15-11-2-1-3-12(10(11)4-16)17-5-9-6-22(20,21)8-14(9,7-17)13(18)19/h1-3,9H,5-8H2,(H,18,19)/t9-,14-/m0/s1. The van der Waals surface area contributed by atoms with Crippen LogP contribution in [-0.4, -0.2) is 44.1 Å². The zero-order valence-corrected chi connectivity index (χ0v) is 13.1. The van der Waals surface area contributed by atoms with E-state index in [-0.39, 0.29) is 23.6 Å². The number of hydrogen-bond acceptors (Lipinski definition) is 5. The van der Waals surface area contributed by atoms with Gasteiger partial charge < -0.3 is 10.0 Å². The summed E-state index contributed by atoms with van der Waals surface area (Å²) >= 11 is 6.01. The minimum Gasteiger partial charge on any atom is -0.481 e. The second-order valence-corrected chi connectivity index (χ2v) is 8.36. The Hall–Kier alpha value is -1.78. The topological polar surface area (TPSA) is 98.5 Å². The molecule has 2 heterocycles. The highest BCUT2D eigenvalue weighted by molar-refractivity contribution is 7.91. The van der Waals surface area contributed by atoms with Crippen LogP contribution in [0.25, 0.3) is 0 Å². The first-order valence-corrected chi connectivity index (χ1v) is 8.86. The number of fused-ring (bicyclic) bond motifs is 1. The smallest absolute Gasteiger partial charge is 0.312 e. The normalized spacial score (nSPS) is 29.1. The molecule has 0 unspecified atom stereocenters. The summed E-state index contributed by atoms with van der Waals surface area (Å²) in [6.07, 6.45) is 0. The molecule has 1 aromatic rings. The Balaban J connectivity index is 2.02. The van der Waals surface area contributed by atoms with Gasteiger partial charge in [-0.15, -0.1) is 0 Å². The summed E-state index contributed by atoms with van der Waals surface area (Å²) in [6.45, 7) is 0.363. The van der Waals surface area contributed by atoms with Crippen molar-refractivity contribution in [2.45, 2.75) is 0 Å². The summed E-state index contributed by atoms with van der Waals surface area (Å²) in [6, 6.07) is 7.02. The third kappa shape index (κ3) is 2.14. The van der Waals surface area contributed by atoms with Crippen LogP contribution in [0.4, 0.5) is 5.69 Å². The van der Waals surface area contributed by atoms with Crippen LogP contribution in [0.5, 0.6) is 0 Å². The number of aliphatic carboxylic acids is 1. The first-order valence-electron chi connectivity index (χ1n) is 6.66. The third-order valence-corrected chi connectivity index (χ3v) is 6.68. The number of sulfone groups is 1. The van der Waals surface area contributed by atoms with E-state index in [0.29, 0.717) is 17.3 Å². The van der Waals surface area contributed by atoms with Crippen molar-refractivity contribution in [1.29, 1.82) is 5.26 Å². The van der Waals surface area contributed by atoms with Gasteiger partial charge in [0.1, 0.15) is 11.5 Å². The lowest BCUT2D eigenvalue weighted by atomic mass is 9.81. The molecule has 8 heteroatoms. The lowest BCUT2D eigenvalue weighted by Crippen LogP contribution is -2.39. The first kappa shape index (κ1) is 15.1.